The highest BCUT2D eigenvalue weighted by Gasteiger charge is 2.23. The molecule has 6 nitrogen and oxygen atoms in total. The molecule has 1 heterocycles. The van der Waals surface area contributed by atoms with Crippen molar-refractivity contribution in [2.24, 2.45) is 0 Å². The van der Waals surface area contributed by atoms with Gasteiger partial charge in [0.2, 0.25) is 10.9 Å². The summed E-state index contributed by atoms with van der Waals surface area (Å²) in [6, 6.07) is 1.77. The van der Waals surface area contributed by atoms with Crippen LogP contribution in [0.5, 0.6) is 0 Å². The van der Waals surface area contributed by atoms with Crippen LogP contribution in [0.4, 0.5) is 0 Å². The highest BCUT2D eigenvalue weighted by molar-refractivity contribution is 7.89. The summed E-state index contributed by atoms with van der Waals surface area (Å²) >= 11 is 0. The average molecular weight is 271 g/mol. The lowest BCUT2D eigenvalue weighted by molar-refractivity contribution is 0.0656. The molecular formula is C11H13NO5S. The molecule has 1 aromatic heterocycles. The maximum absolute atomic E-state index is 11.8. The Kier molecular flexibility index (Phi) is 4.53. The molecule has 18 heavy (non-hydrogen) atoms. The second-order valence-corrected chi connectivity index (χ2v) is 5.20. The predicted octanol–water partition coefficient (Wildman–Crippen LogP) is 1.06. The Labute approximate surface area is 105 Å². The third kappa shape index (κ3) is 3.35. The van der Waals surface area contributed by atoms with E-state index >= 15 is 0 Å². The second-order valence-electron chi connectivity index (χ2n) is 3.56. The van der Waals surface area contributed by atoms with Crippen LogP contribution < -0.4 is 4.72 Å². The highest BCUT2D eigenvalue weighted by Crippen LogP contribution is 2.15. The van der Waals surface area contributed by atoms with Crippen molar-refractivity contribution in [3.8, 4) is 12.3 Å². The Balaban J connectivity index is 2.92. The van der Waals surface area contributed by atoms with Crippen molar-refractivity contribution in [3.63, 3.8) is 0 Å². The molecule has 0 aliphatic carbocycles. The number of furan rings is 1. The molecule has 0 spiro atoms. The molecule has 0 fully saturated rings. The largest absolute Gasteiger partial charge is 0.475 e. The molecule has 98 valence electrons. The van der Waals surface area contributed by atoms with Gasteiger partial charge < -0.3 is 9.52 Å². The predicted molar refractivity (Wildman–Crippen MR) is 63.5 cm³/mol. The molecule has 0 aliphatic heterocycles. The lowest BCUT2D eigenvalue weighted by atomic mass is 10.2. The van der Waals surface area contributed by atoms with Crippen LogP contribution in [0.15, 0.2) is 21.6 Å². The Bertz CT molecular complexity index is 566. The summed E-state index contributed by atoms with van der Waals surface area (Å²) in [7, 11) is -3.88. The van der Waals surface area contributed by atoms with Crippen molar-refractivity contribution in [3.05, 3.63) is 17.9 Å². The zero-order valence-corrected chi connectivity index (χ0v) is 10.5. The number of carbonyl (C=O) groups is 1. The summed E-state index contributed by atoms with van der Waals surface area (Å²) in [5.41, 5.74) is 0. The molecule has 0 aromatic carbocycles. The van der Waals surface area contributed by atoms with Crippen molar-refractivity contribution < 1.29 is 22.7 Å². The number of sulfonamides is 1. The normalized spacial score (nSPS) is 12.9. The van der Waals surface area contributed by atoms with Crippen LogP contribution in [0.2, 0.25) is 0 Å². The van der Waals surface area contributed by atoms with Gasteiger partial charge in [-0.1, -0.05) is 6.92 Å². The third-order valence-electron chi connectivity index (χ3n) is 2.24. The van der Waals surface area contributed by atoms with Gasteiger partial charge in [-0.3, -0.25) is 0 Å². The van der Waals surface area contributed by atoms with Crippen LogP contribution >= 0.6 is 0 Å². The van der Waals surface area contributed by atoms with E-state index in [1.165, 1.54) is 0 Å². The van der Waals surface area contributed by atoms with E-state index in [0.29, 0.717) is 6.42 Å². The molecule has 0 radical (unpaired) electrons. The van der Waals surface area contributed by atoms with Crippen LogP contribution in [-0.2, 0) is 10.0 Å². The van der Waals surface area contributed by atoms with E-state index in [9.17, 15) is 13.2 Å². The van der Waals surface area contributed by atoms with Gasteiger partial charge in [-0.25, -0.2) is 17.9 Å². The number of hydrogen-bond donors (Lipinski definition) is 2. The zero-order chi connectivity index (χ0) is 13.8. The Hall–Kier alpha value is -1.78. The first-order valence-electron chi connectivity index (χ1n) is 5.19. The van der Waals surface area contributed by atoms with E-state index in [0.717, 1.165) is 12.1 Å². The third-order valence-corrected chi connectivity index (χ3v) is 3.63. The number of terminal acetylenes is 1. The molecule has 0 aliphatic rings. The minimum absolute atomic E-state index is 0.252. The summed E-state index contributed by atoms with van der Waals surface area (Å²) in [6.07, 6.45) is 5.90. The SMILES string of the molecule is C#CCC(CC)NS(=O)(=O)c1ccc(C(=O)O)o1. The molecule has 0 bridgehead atoms. The lowest BCUT2D eigenvalue weighted by Gasteiger charge is -2.12. The zero-order valence-electron chi connectivity index (χ0n) is 9.71. The van der Waals surface area contributed by atoms with Crippen LogP contribution in [0, 0.1) is 12.3 Å². The van der Waals surface area contributed by atoms with Crippen molar-refractivity contribution in [1.29, 1.82) is 0 Å². The van der Waals surface area contributed by atoms with E-state index in [1.54, 1.807) is 6.92 Å². The number of nitrogens with one attached hydrogen (secondary N) is 1. The highest BCUT2D eigenvalue weighted by atomic mass is 32.2. The first-order chi connectivity index (χ1) is 8.40. The first kappa shape index (κ1) is 14.3. The first-order valence-corrected chi connectivity index (χ1v) is 6.68. The van der Waals surface area contributed by atoms with Crippen molar-refractivity contribution in [1.82, 2.24) is 4.72 Å². The maximum atomic E-state index is 11.8. The van der Waals surface area contributed by atoms with Gasteiger partial charge in [0.1, 0.15) is 0 Å². The fourth-order valence-electron chi connectivity index (χ4n) is 1.27. The van der Waals surface area contributed by atoms with Gasteiger partial charge in [0.15, 0.2) is 0 Å². The van der Waals surface area contributed by atoms with E-state index in [-0.39, 0.29) is 6.42 Å². The number of carboxylic acid groups (broad SMARTS) is 1. The van der Waals surface area contributed by atoms with Gasteiger partial charge in [-0.05, 0) is 18.6 Å². The maximum Gasteiger partial charge on any atom is 0.371 e. The molecule has 2 N–H and O–H groups in total. The number of rotatable bonds is 6. The fourth-order valence-corrected chi connectivity index (χ4v) is 2.52. The van der Waals surface area contributed by atoms with Gasteiger partial charge in [0.25, 0.3) is 10.0 Å². The number of aromatic carboxylic acids is 1. The Morgan fingerprint density at radius 2 is 2.28 bits per heavy atom. The smallest absolute Gasteiger partial charge is 0.371 e. The molecular weight excluding hydrogens is 258 g/mol. The van der Waals surface area contributed by atoms with E-state index < -0.39 is 32.9 Å². The molecule has 0 saturated carbocycles. The molecule has 0 saturated heterocycles. The van der Waals surface area contributed by atoms with Gasteiger partial charge >= 0.3 is 5.97 Å². The van der Waals surface area contributed by atoms with Crippen molar-refractivity contribution in [2.45, 2.75) is 30.9 Å². The van der Waals surface area contributed by atoms with Gasteiger partial charge in [0.05, 0.1) is 0 Å². The molecule has 1 unspecified atom stereocenters. The summed E-state index contributed by atoms with van der Waals surface area (Å²) in [5, 5.41) is 8.21. The minimum atomic E-state index is -3.88. The summed E-state index contributed by atoms with van der Waals surface area (Å²) in [6.45, 7) is 1.79. The van der Waals surface area contributed by atoms with Gasteiger partial charge in [-0.15, -0.1) is 12.3 Å². The molecule has 1 rings (SSSR count). The van der Waals surface area contributed by atoms with Crippen molar-refractivity contribution in [2.75, 3.05) is 0 Å². The average Bonchev–Trinajstić information content (AvgIpc) is 2.78. The Morgan fingerprint density at radius 1 is 1.61 bits per heavy atom. The molecule has 1 aromatic rings. The van der Waals surface area contributed by atoms with Crippen LogP contribution in [0.1, 0.15) is 30.3 Å². The van der Waals surface area contributed by atoms with E-state index in [2.05, 4.69) is 10.6 Å². The number of hydrogen-bond acceptors (Lipinski definition) is 4. The standard InChI is InChI=1S/C11H13NO5S/c1-3-5-8(4-2)12-18(15,16)10-7-6-9(17-10)11(13)14/h1,6-8,12H,4-5H2,2H3,(H,13,14). The minimum Gasteiger partial charge on any atom is -0.475 e. The van der Waals surface area contributed by atoms with Crippen molar-refractivity contribution >= 4 is 16.0 Å². The van der Waals surface area contributed by atoms with E-state index in [1.807, 2.05) is 0 Å². The molecule has 1 atom stereocenters. The Morgan fingerprint density at radius 3 is 2.72 bits per heavy atom. The van der Waals surface area contributed by atoms with Gasteiger partial charge in [-0.2, -0.15) is 0 Å². The van der Waals surface area contributed by atoms with Crippen LogP contribution in [-0.4, -0.2) is 25.5 Å². The van der Waals surface area contributed by atoms with Crippen LogP contribution in [0.3, 0.4) is 0 Å². The quantitative estimate of drug-likeness (QED) is 0.754. The summed E-state index contributed by atoms with van der Waals surface area (Å²) in [5.74, 6) is 0.608. The molecule has 7 heteroatoms. The summed E-state index contributed by atoms with van der Waals surface area (Å²) in [4.78, 5) is 10.6. The second kappa shape index (κ2) is 5.71. The summed E-state index contributed by atoms with van der Waals surface area (Å²) < 4.78 is 30.8. The van der Waals surface area contributed by atoms with Gasteiger partial charge in [0, 0.05) is 12.5 Å². The monoisotopic (exact) mass is 271 g/mol. The molecule has 0 amide bonds. The van der Waals surface area contributed by atoms with E-state index in [4.69, 9.17) is 15.9 Å². The van der Waals surface area contributed by atoms with Crippen LogP contribution in [0.25, 0.3) is 0 Å². The topological polar surface area (TPSA) is 96.6 Å². The fraction of sp³-hybridized carbons (Fsp3) is 0.364. The number of carboxylic acids is 1. The lowest BCUT2D eigenvalue weighted by Crippen LogP contribution is -2.33.